The van der Waals surface area contributed by atoms with Crippen LogP contribution in [0.15, 0.2) is 47.4 Å². The van der Waals surface area contributed by atoms with E-state index in [9.17, 15) is 8.42 Å². The van der Waals surface area contributed by atoms with E-state index in [2.05, 4.69) is 9.97 Å². The standard InChI is InChI=1S/C16H14N4O2S/c1-11-18-14-8-7-13(9-15(14)19-11)20(2)23(21,22)16-6-4-3-5-12(16)10-17/h3-9H,1-2H3,(H,18,19). The van der Waals surface area contributed by atoms with Gasteiger partial charge in [-0.15, -0.1) is 0 Å². The van der Waals surface area contributed by atoms with Crippen LogP contribution < -0.4 is 4.31 Å². The van der Waals surface area contributed by atoms with Crippen LogP contribution in [0, 0.1) is 18.3 Å². The van der Waals surface area contributed by atoms with Crippen LogP contribution in [0.4, 0.5) is 5.69 Å². The molecular formula is C16H14N4O2S. The van der Waals surface area contributed by atoms with E-state index < -0.39 is 10.0 Å². The van der Waals surface area contributed by atoms with E-state index in [4.69, 9.17) is 5.26 Å². The van der Waals surface area contributed by atoms with Gasteiger partial charge in [0.2, 0.25) is 0 Å². The number of hydrogen-bond acceptors (Lipinski definition) is 4. The maximum Gasteiger partial charge on any atom is 0.265 e. The molecule has 1 heterocycles. The van der Waals surface area contributed by atoms with Crippen LogP contribution in [0.2, 0.25) is 0 Å². The Balaban J connectivity index is 2.09. The minimum absolute atomic E-state index is 0.00844. The molecule has 7 heteroatoms. The Morgan fingerprint density at radius 1 is 1.22 bits per heavy atom. The Morgan fingerprint density at radius 3 is 2.70 bits per heavy atom. The Hall–Kier alpha value is -2.85. The lowest BCUT2D eigenvalue weighted by molar-refractivity contribution is 0.594. The summed E-state index contributed by atoms with van der Waals surface area (Å²) in [5.41, 5.74) is 2.15. The number of benzene rings is 2. The molecule has 0 aliphatic heterocycles. The average molecular weight is 326 g/mol. The molecule has 23 heavy (non-hydrogen) atoms. The predicted octanol–water partition coefficient (Wildman–Crippen LogP) is 2.57. The number of rotatable bonds is 3. The Kier molecular flexibility index (Phi) is 3.54. The number of nitriles is 1. The summed E-state index contributed by atoms with van der Waals surface area (Å²) < 4.78 is 26.8. The van der Waals surface area contributed by atoms with Gasteiger partial charge in [0.25, 0.3) is 10.0 Å². The van der Waals surface area contributed by atoms with Gasteiger partial charge in [0.15, 0.2) is 0 Å². The van der Waals surface area contributed by atoms with Gasteiger partial charge in [0.05, 0.1) is 22.3 Å². The third-order valence-corrected chi connectivity index (χ3v) is 5.44. The highest BCUT2D eigenvalue weighted by Crippen LogP contribution is 2.26. The van der Waals surface area contributed by atoms with Crippen LogP contribution in [-0.2, 0) is 10.0 Å². The monoisotopic (exact) mass is 326 g/mol. The molecule has 0 unspecified atom stereocenters. The van der Waals surface area contributed by atoms with Crippen LogP contribution in [0.5, 0.6) is 0 Å². The number of aryl methyl sites for hydroxylation is 1. The van der Waals surface area contributed by atoms with Crippen molar-refractivity contribution in [3.63, 3.8) is 0 Å². The molecule has 2 aromatic carbocycles. The third-order valence-electron chi connectivity index (χ3n) is 3.59. The molecular weight excluding hydrogens is 312 g/mol. The van der Waals surface area contributed by atoms with Gasteiger partial charge < -0.3 is 4.98 Å². The molecule has 0 bridgehead atoms. The topological polar surface area (TPSA) is 89.8 Å². The van der Waals surface area contributed by atoms with Crippen molar-refractivity contribution in [1.82, 2.24) is 9.97 Å². The van der Waals surface area contributed by atoms with Gasteiger partial charge in [-0.2, -0.15) is 5.26 Å². The molecule has 6 nitrogen and oxygen atoms in total. The molecule has 3 rings (SSSR count). The first-order valence-corrected chi connectivity index (χ1v) is 8.32. The highest BCUT2D eigenvalue weighted by Gasteiger charge is 2.24. The van der Waals surface area contributed by atoms with Crippen molar-refractivity contribution in [1.29, 1.82) is 5.26 Å². The third kappa shape index (κ3) is 2.53. The molecule has 0 spiro atoms. The molecule has 0 atom stereocenters. The number of nitrogens with zero attached hydrogens (tertiary/aromatic N) is 3. The Bertz CT molecular complexity index is 1030. The highest BCUT2D eigenvalue weighted by atomic mass is 32.2. The van der Waals surface area contributed by atoms with E-state index in [1.807, 2.05) is 13.0 Å². The van der Waals surface area contributed by atoms with E-state index in [0.29, 0.717) is 5.69 Å². The number of sulfonamides is 1. The lowest BCUT2D eigenvalue weighted by Gasteiger charge is -2.20. The molecule has 1 aromatic heterocycles. The summed E-state index contributed by atoms with van der Waals surface area (Å²) in [6.45, 7) is 1.84. The molecule has 0 radical (unpaired) electrons. The van der Waals surface area contributed by atoms with E-state index in [1.54, 1.807) is 30.3 Å². The molecule has 0 amide bonds. The van der Waals surface area contributed by atoms with Crippen molar-refractivity contribution >= 4 is 26.7 Å². The van der Waals surface area contributed by atoms with Gasteiger partial charge in [-0.05, 0) is 37.3 Å². The molecule has 116 valence electrons. The SMILES string of the molecule is Cc1nc2ccc(N(C)S(=O)(=O)c3ccccc3C#N)cc2[nH]1. The largest absolute Gasteiger partial charge is 0.342 e. The summed E-state index contributed by atoms with van der Waals surface area (Å²) in [7, 11) is -2.35. The van der Waals surface area contributed by atoms with Crippen LogP contribution in [0.1, 0.15) is 11.4 Å². The van der Waals surface area contributed by atoms with Crippen molar-refractivity contribution in [2.24, 2.45) is 0 Å². The number of nitrogens with one attached hydrogen (secondary N) is 1. The zero-order valence-corrected chi connectivity index (χ0v) is 13.4. The van der Waals surface area contributed by atoms with E-state index in [1.165, 1.54) is 23.5 Å². The number of imidazole rings is 1. The van der Waals surface area contributed by atoms with Crippen LogP contribution >= 0.6 is 0 Å². The number of hydrogen-bond donors (Lipinski definition) is 1. The fraction of sp³-hybridized carbons (Fsp3) is 0.125. The minimum atomic E-state index is -3.82. The molecule has 0 aliphatic rings. The van der Waals surface area contributed by atoms with Crippen molar-refractivity contribution in [2.75, 3.05) is 11.4 Å². The van der Waals surface area contributed by atoms with E-state index in [0.717, 1.165) is 16.9 Å². The van der Waals surface area contributed by atoms with Crippen molar-refractivity contribution in [2.45, 2.75) is 11.8 Å². The van der Waals surface area contributed by atoms with E-state index >= 15 is 0 Å². The van der Waals surface area contributed by atoms with Gasteiger partial charge in [-0.3, -0.25) is 4.31 Å². The summed E-state index contributed by atoms with van der Waals surface area (Å²) in [6.07, 6.45) is 0. The molecule has 0 saturated heterocycles. The van der Waals surface area contributed by atoms with Gasteiger partial charge in [0, 0.05) is 7.05 Å². The predicted molar refractivity (Wildman–Crippen MR) is 87.6 cm³/mol. The molecule has 0 aliphatic carbocycles. The number of anilines is 1. The summed E-state index contributed by atoms with van der Waals surface area (Å²) in [6, 6.07) is 13.3. The lowest BCUT2D eigenvalue weighted by atomic mass is 10.2. The second kappa shape index (κ2) is 5.41. The van der Waals surface area contributed by atoms with Gasteiger partial charge in [-0.25, -0.2) is 13.4 Å². The molecule has 0 fully saturated rings. The van der Waals surface area contributed by atoms with Crippen molar-refractivity contribution in [3.8, 4) is 6.07 Å². The molecule has 1 N–H and O–H groups in total. The number of aromatic nitrogens is 2. The quantitative estimate of drug-likeness (QED) is 0.801. The molecule has 3 aromatic rings. The fourth-order valence-electron chi connectivity index (χ4n) is 2.39. The van der Waals surface area contributed by atoms with Crippen LogP contribution in [0.3, 0.4) is 0 Å². The average Bonchev–Trinajstić information content (AvgIpc) is 2.93. The first-order chi connectivity index (χ1) is 10.9. The Labute approximate surface area is 134 Å². The maximum absolute atomic E-state index is 12.8. The van der Waals surface area contributed by atoms with Crippen molar-refractivity contribution < 1.29 is 8.42 Å². The van der Waals surface area contributed by atoms with Gasteiger partial charge in [-0.1, -0.05) is 12.1 Å². The smallest absolute Gasteiger partial charge is 0.265 e. The lowest BCUT2D eigenvalue weighted by Crippen LogP contribution is -2.27. The first-order valence-electron chi connectivity index (χ1n) is 6.88. The molecule has 0 saturated carbocycles. The second-order valence-electron chi connectivity index (χ2n) is 5.10. The van der Waals surface area contributed by atoms with Crippen LogP contribution in [-0.4, -0.2) is 25.4 Å². The fourth-order valence-corrected chi connectivity index (χ4v) is 3.72. The normalized spacial score (nSPS) is 11.3. The Morgan fingerprint density at radius 2 is 1.96 bits per heavy atom. The van der Waals surface area contributed by atoms with Gasteiger partial charge >= 0.3 is 0 Å². The first kappa shape index (κ1) is 15.1. The zero-order chi connectivity index (χ0) is 16.6. The summed E-state index contributed by atoms with van der Waals surface area (Å²) >= 11 is 0. The van der Waals surface area contributed by atoms with E-state index in [-0.39, 0.29) is 10.5 Å². The number of fused-ring (bicyclic) bond motifs is 1. The highest BCUT2D eigenvalue weighted by molar-refractivity contribution is 7.92. The van der Waals surface area contributed by atoms with Crippen molar-refractivity contribution in [3.05, 3.63) is 53.9 Å². The minimum Gasteiger partial charge on any atom is -0.342 e. The number of aromatic amines is 1. The summed E-state index contributed by atoms with van der Waals surface area (Å²) in [5, 5.41) is 9.13. The maximum atomic E-state index is 12.8. The van der Waals surface area contributed by atoms with Gasteiger partial charge in [0.1, 0.15) is 16.8 Å². The zero-order valence-electron chi connectivity index (χ0n) is 12.6. The summed E-state index contributed by atoms with van der Waals surface area (Å²) in [4.78, 5) is 7.37. The second-order valence-corrected chi connectivity index (χ2v) is 7.04. The summed E-state index contributed by atoms with van der Waals surface area (Å²) in [5.74, 6) is 0.762. The van der Waals surface area contributed by atoms with Crippen LogP contribution in [0.25, 0.3) is 11.0 Å². The number of H-pyrrole nitrogens is 1.